The minimum absolute atomic E-state index is 0.0182. The number of nitrogens with one attached hydrogen (secondary N) is 1. The van der Waals surface area contributed by atoms with E-state index in [9.17, 15) is 10.1 Å². The highest BCUT2D eigenvalue weighted by atomic mass is 16.5. The lowest BCUT2D eigenvalue weighted by molar-refractivity contribution is -0.121. The summed E-state index contributed by atoms with van der Waals surface area (Å²) < 4.78 is 12.4. The third kappa shape index (κ3) is 6.07. The molecule has 162 valence electrons. The maximum atomic E-state index is 12.7. The van der Waals surface area contributed by atoms with Gasteiger partial charge in [-0.15, -0.1) is 0 Å². The molecule has 8 nitrogen and oxygen atoms in total. The molecule has 2 aromatic rings. The number of anilines is 1. The molecule has 1 N–H and O–H groups in total. The van der Waals surface area contributed by atoms with Crippen LogP contribution in [0.25, 0.3) is 5.69 Å². The van der Waals surface area contributed by atoms with Gasteiger partial charge in [-0.2, -0.15) is 10.5 Å². The fraction of sp³-hybridized carbons (Fsp3) is 0.478. The minimum atomic E-state index is -0.0432. The molecule has 1 aromatic carbocycles. The van der Waals surface area contributed by atoms with Crippen molar-refractivity contribution < 1.29 is 14.3 Å². The van der Waals surface area contributed by atoms with Gasteiger partial charge in [-0.05, 0) is 37.3 Å². The van der Waals surface area contributed by atoms with Gasteiger partial charge >= 0.3 is 0 Å². The van der Waals surface area contributed by atoms with Crippen LogP contribution in [0.4, 0.5) is 5.82 Å². The average molecular weight is 422 g/mol. The molecule has 0 aliphatic heterocycles. The van der Waals surface area contributed by atoms with Crippen molar-refractivity contribution in [2.45, 2.75) is 38.5 Å². The first-order valence-electron chi connectivity index (χ1n) is 10.5. The number of rotatable bonds is 9. The van der Waals surface area contributed by atoms with Crippen molar-refractivity contribution in [3.8, 4) is 23.6 Å². The second kappa shape index (κ2) is 11.1. The second-order valence-electron chi connectivity index (χ2n) is 7.72. The Morgan fingerprint density at radius 3 is 2.97 bits per heavy atom. The zero-order chi connectivity index (χ0) is 22.1. The monoisotopic (exact) mass is 421 g/mol. The van der Waals surface area contributed by atoms with Gasteiger partial charge in [0.25, 0.3) is 0 Å². The number of amides is 1. The molecular formula is C23H27N5O3. The highest BCUT2D eigenvalue weighted by molar-refractivity contribution is 5.91. The lowest BCUT2D eigenvalue weighted by Gasteiger charge is -2.27. The smallest absolute Gasteiger partial charge is 0.228 e. The van der Waals surface area contributed by atoms with Crippen molar-refractivity contribution in [2.75, 3.05) is 25.6 Å². The predicted octanol–water partition coefficient (Wildman–Crippen LogP) is 3.82. The van der Waals surface area contributed by atoms with Gasteiger partial charge in [-0.3, -0.25) is 4.79 Å². The van der Waals surface area contributed by atoms with Gasteiger partial charge < -0.3 is 19.4 Å². The van der Waals surface area contributed by atoms with Crippen LogP contribution in [0.5, 0.6) is 5.75 Å². The zero-order valence-corrected chi connectivity index (χ0v) is 17.7. The number of nitriles is 2. The summed E-state index contributed by atoms with van der Waals surface area (Å²) in [5.74, 6) is 1.34. The number of methoxy groups -OCH3 is 1. The molecule has 1 aromatic heterocycles. The van der Waals surface area contributed by atoms with Crippen molar-refractivity contribution in [2.24, 2.45) is 11.8 Å². The standard InChI is InChI=1S/C23H27N5O3/c1-30-10-11-31-21-13-20(8-7-19(21)14-25)28-15-22(26-16-28)27-23(29)18-6-2-4-17(12-18)5-3-9-24/h7-8,13,15-18H,2-6,10-12H2,1H3,(H,27,29)/t17?,18-/m0/s1. The molecule has 0 spiro atoms. The Kier molecular flexibility index (Phi) is 8.03. The van der Waals surface area contributed by atoms with Crippen LogP contribution in [-0.4, -0.2) is 35.8 Å². The minimum Gasteiger partial charge on any atom is -0.490 e. The molecule has 1 unspecified atom stereocenters. The molecule has 1 saturated carbocycles. The Morgan fingerprint density at radius 2 is 2.19 bits per heavy atom. The van der Waals surface area contributed by atoms with E-state index >= 15 is 0 Å². The van der Waals surface area contributed by atoms with Crippen LogP contribution in [0.15, 0.2) is 30.7 Å². The van der Waals surface area contributed by atoms with Crippen LogP contribution in [0.1, 0.15) is 44.1 Å². The molecular weight excluding hydrogens is 394 g/mol. The van der Waals surface area contributed by atoms with Crippen molar-refractivity contribution in [1.29, 1.82) is 10.5 Å². The summed E-state index contributed by atoms with van der Waals surface area (Å²) in [6.45, 7) is 0.769. The van der Waals surface area contributed by atoms with Crippen LogP contribution >= 0.6 is 0 Å². The maximum absolute atomic E-state index is 12.7. The number of hydrogen-bond acceptors (Lipinski definition) is 6. The van der Waals surface area contributed by atoms with E-state index in [1.54, 1.807) is 42.4 Å². The molecule has 31 heavy (non-hydrogen) atoms. The quantitative estimate of drug-likeness (QED) is 0.616. The normalized spacial score (nSPS) is 18.0. The van der Waals surface area contributed by atoms with E-state index in [0.717, 1.165) is 37.8 Å². The van der Waals surface area contributed by atoms with Gasteiger partial charge in [-0.25, -0.2) is 4.98 Å². The van der Waals surface area contributed by atoms with Gasteiger partial charge in [0.2, 0.25) is 5.91 Å². The van der Waals surface area contributed by atoms with Gasteiger partial charge in [0.05, 0.1) is 30.1 Å². The molecule has 2 atom stereocenters. The van der Waals surface area contributed by atoms with Crippen LogP contribution < -0.4 is 10.1 Å². The first-order valence-corrected chi connectivity index (χ1v) is 10.5. The molecule has 0 radical (unpaired) electrons. The SMILES string of the molecule is COCCOc1cc(-n2cnc(NC(=O)[C@H]3CCCC(CCC#N)C3)c2)ccc1C#N. The Hall–Kier alpha value is -3.36. The maximum Gasteiger partial charge on any atom is 0.228 e. The van der Waals surface area contributed by atoms with E-state index in [2.05, 4.69) is 22.4 Å². The molecule has 1 fully saturated rings. The molecule has 1 aliphatic carbocycles. The van der Waals surface area contributed by atoms with E-state index in [-0.39, 0.29) is 11.8 Å². The average Bonchev–Trinajstić information content (AvgIpc) is 3.26. The predicted molar refractivity (Wildman–Crippen MR) is 115 cm³/mol. The van der Waals surface area contributed by atoms with Gasteiger partial charge in [0, 0.05) is 25.5 Å². The number of ether oxygens (including phenoxy) is 2. The molecule has 0 bridgehead atoms. The van der Waals surface area contributed by atoms with E-state index < -0.39 is 0 Å². The van der Waals surface area contributed by atoms with E-state index in [0.29, 0.717) is 42.7 Å². The number of carbonyl (C=O) groups is 1. The Labute approximate surface area is 182 Å². The first-order chi connectivity index (χ1) is 15.1. The summed E-state index contributed by atoms with van der Waals surface area (Å²) in [5.41, 5.74) is 1.21. The summed E-state index contributed by atoms with van der Waals surface area (Å²) in [5, 5.41) is 21.0. The third-order valence-electron chi connectivity index (χ3n) is 5.58. The van der Waals surface area contributed by atoms with Crippen LogP contribution in [0.3, 0.4) is 0 Å². The van der Waals surface area contributed by atoms with E-state index in [1.165, 1.54) is 0 Å². The van der Waals surface area contributed by atoms with Crippen LogP contribution in [0, 0.1) is 34.5 Å². The number of benzene rings is 1. The van der Waals surface area contributed by atoms with Crippen molar-refractivity contribution >= 4 is 11.7 Å². The third-order valence-corrected chi connectivity index (χ3v) is 5.58. The highest BCUT2D eigenvalue weighted by Crippen LogP contribution is 2.32. The van der Waals surface area contributed by atoms with Gasteiger partial charge in [-0.1, -0.05) is 12.8 Å². The first kappa shape index (κ1) is 22.3. The summed E-state index contributed by atoms with van der Waals surface area (Å²) >= 11 is 0. The summed E-state index contributed by atoms with van der Waals surface area (Å²) in [6.07, 6.45) is 8.57. The Bertz CT molecular complexity index is 972. The Balaban J connectivity index is 1.65. The van der Waals surface area contributed by atoms with E-state index in [4.69, 9.17) is 14.7 Å². The number of carbonyl (C=O) groups excluding carboxylic acids is 1. The fourth-order valence-corrected chi connectivity index (χ4v) is 3.94. The number of aromatic nitrogens is 2. The van der Waals surface area contributed by atoms with Crippen molar-refractivity contribution in [3.05, 3.63) is 36.3 Å². The Morgan fingerprint density at radius 1 is 1.32 bits per heavy atom. The lowest BCUT2D eigenvalue weighted by Crippen LogP contribution is -2.28. The topological polar surface area (TPSA) is 113 Å². The van der Waals surface area contributed by atoms with E-state index in [1.807, 2.05) is 0 Å². The molecule has 1 aliphatic rings. The van der Waals surface area contributed by atoms with Gasteiger partial charge in [0.15, 0.2) is 5.82 Å². The summed E-state index contributed by atoms with van der Waals surface area (Å²) in [4.78, 5) is 17.0. The molecule has 0 saturated heterocycles. The second-order valence-corrected chi connectivity index (χ2v) is 7.72. The number of hydrogen-bond donors (Lipinski definition) is 1. The van der Waals surface area contributed by atoms with Crippen molar-refractivity contribution in [1.82, 2.24) is 9.55 Å². The zero-order valence-electron chi connectivity index (χ0n) is 17.7. The van der Waals surface area contributed by atoms with Crippen LogP contribution in [-0.2, 0) is 9.53 Å². The number of imidazole rings is 1. The molecule has 3 rings (SSSR count). The van der Waals surface area contributed by atoms with Crippen LogP contribution in [0.2, 0.25) is 0 Å². The summed E-state index contributed by atoms with van der Waals surface area (Å²) in [6, 6.07) is 9.58. The molecule has 8 heteroatoms. The molecule has 1 heterocycles. The van der Waals surface area contributed by atoms with Gasteiger partial charge in [0.1, 0.15) is 24.8 Å². The highest BCUT2D eigenvalue weighted by Gasteiger charge is 2.27. The number of nitrogens with zero attached hydrogens (tertiary/aromatic N) is 4. The molecule has 1 amide bonds. The largest absolute Gasteiger partial charge is 0.490 e. The van der Waals surface area contributed by atoms with Crippen molar-refractivity contribution in [3.63, 3.8) is 0 Å². The fourth-order valence-electron chi connectivity index (χ4n) is 3.94. The lowest BCUT2D eigenvalue weighted by atomic mass is 9.79. The summed E-state index contributed by atoms with van der Waals surface area (Å²) in [7, 11) is 1.59.